The number of hydrogen-bond acceptors (Lipinski definition) is 7. The van der Waals surface area contributed by atoms with Crippen molar-refractivity contribution in [3.05, 3.63) is 23.5 Å². The largest absolute Gasteiger partial charge is 0.335 e. The number of anilines is 1. The highest BCUT2D eigenvalue weighted by Crippen LogP contribution is 2.13. The zero-order valence-electron chi connectivity index (χ0n) is 8.45. The molecule has 2 aromatic rings. The molecule has 17 heavy (non-hydrogen) atoms. The second-order valence-electron chi connectivity index (χ2n) is 2.94. The van der Waals surface area contributed by atoms with E-state index in [4.69, 9.17) is 11.6 Å². The Kier molecular flexibility index (Phi) is 2.94. The number of hydrogen-bond donors (Lipinski definition) is 1. The van der Waals surface area contributed by atoms with Crippen LogP contribution in [-0.4, -0.2) is 28.5 Å². The molecule has 0 amide bonds. The van der Waals surface area contributed by atoms with Gasteiger partial charge in [0.2, 0.25) is 5.28 Å². The van der Waals surface area contributed by atoms with Gasteiger partial charge in [-0.1, -0.05) is 5.16 Å². The van der Waals surface area contributed by atoms with Crippen molar-refractivity contribution in [2.45, 2.75) is 11.8 Å². The zero-order valence-corrected chi connectivity index (χ0v) is 10.0. The molecule has 0 fully saturated rings. The van der Waals surface area contributed by atoms with E-state index in [-0.39, 0.29) is 16.2 Å². The maximum atomic E-state index is 11.8. The third kappa shape index (κ3) is 2.68. The minimum Gasteiger partial charge on any atom is -0.314 e. The van der Waals surface area contributed by atoms with E-state index in [1.54, 1.807) is 6.92 Å². The number of aryl methyl sites for hydroxylation is 1. The van der Waals surface area contributed by atoms with Gasteiger partial charge in [-0.2, -0.15) is 4.98 Å². The van der Waals surface area contributed by atoms with Crippen molar-refractivity contribution < 1.29 is 12.9 Å². The lowest BCUT2D eigenvalue weighted by molar-refractivity contribution is 0.429. The zero-order chi connectivity index (χ0) is 12.5. The minimum atomic E-state index is -3.85. The number of nitrogens with zero attached hydrogens (tertiary/aromatic N) is 4. The molecule has 0 saturated heterocycles. The maximum Gasteiger partial charge on any atom is 0.335 e. The summed E-state index contributed by atoms with van der Waals surface area (Å²) in [5, 5.41) is 3.40. The molecule has 10 heteroatoms. The second-order valence-corrected chi connectivity index (χ2v) is 4.96. The van der Waals surface area contributed by atoms with Crippen molar-refractivity contribution in [2.24, 2.45) is 0 Å². The van der Waals surface area contributed by atoms with Crippen LogP contribution in [0.15, 0.2) is 21.8 Å². The molecule has 0 bridgehead atoms. The van der Waals surface area contributed by atoms with Crippen molar-refractivity contribution in [3.8, 4) is 0 Å². The Balaban J connectivity index is 2.28. The first-order valence-corrected chi connectivity index (χ1v) is 6.14. The topological polar surface area (TPSA) is 111 Å². The van der Waals surface area contributed by atoms with Crippen molar-refractivity contribution in [2.75, 3.05) is 4.72 Å². The van der Waals surface area contributed by atoms with Crippen LogP contribution in [0, 0.1) is 6.92 Å². The number of halogens is 1. The van der Waals surface area contributed by atoms with Crippen molar-refractivity contribution in [1.29, 1.82) is 0 Å². The van der Waals surface area contributed by atoms with Crippen molar-refractivity contribution in [1.82, 2.24) is 20.1 Å². The molecule has 90 valence electrons. The highest BCUT2D eigenvalue weighted by molar-refractivity contribution is 7.92. The molecule has 1 N–H and O–H groups in total. The van der Waals surface area contributed by atoms with Crippen LogP contribution in [0.5, 0.6) is 0 Å². The Morgan fingerprint density at radius 3 is 2.53 bits per heavy atom. The van der Waals surface area contributed by atoms with E-state index in [1.165, 1.54) is 0 Å². The molecule has 0 spiro atoms. The summed E-state index contributed by atoms with van der Waals surface area (Å²) in [6.45, 7) is 1.56. The molecule has 0 aromatic carbocycles. The predicted molar refractivity (Wildman–Crippen MR) is 56.9 cm³/mol. The Labute approximate surface area is 101 Å². The second kappa shape index (κ2) is 4.26. The Morgan fingerprint density at radius 1 is 1.35 bits per heavy atom. The van der Waals surface area contributed by atoms with Gasteiger partial charge < -0.3 is 4.52 Å². The van der Waals surface area contributed by atoms with Crippen LogP contribution in [-0.2, 0) is 10.0 Å². The lowest BCUT2D eigenvalue weighted by atomic mass is 10.7. The first-order valence-electron chi connectivity index (χ1n) is 4.28. The van der Waals surface area contributed by atoms with Crippen LogP contribution in [0.2, 0.25) is 5.28 Å². The molecule has 8 nitrogen and oxygen atoms in total. The predicted octanol–water partition coefficient (Wildman–Crippen LogP) is 0.622. The molecule has 2 rings (SSSR count). The van der Waals surface area contributed by atoms with Gasteiger partial charge in [0.15, 0.2) is 5.82 Å². The summed E-state index contributed by atoms with van der Waals surface area (Å²) in [6, 6.07) is -0.225. The third-order valence-corrected chi connectivity index (χ3v) is 3.13. The van der Waals surface area contributed by atoms with E-state index in [2.05, 4.69) is 29.4 Å². The summed E-state index contributed by atoms with van der Waals surface area (Å²) in [4.78, 5) is 10.7. The summed E-state index contributed by atoms with van der Waals surface area (Å²) in [5.74, 6) is 0.315. The Bertz CT molecular complexity index is 623. The van der Waals surface area contributed by atoms with Gasteiger partial charge in [0.25, 0.3) is 10.0 Å². The fourth-order valence-electron chi connectivity index (χ4n) is 0.952. The van der Waals surface area contributed by atoms with Gasteiger partial charge in [0.1, 0.15) is 4.90 Å². The standard InChI is InChI=1S/C7H6ClN5O3S/c1-4-11-7(16-12-4)13-17(14,15)5-2-9-6(8)10-3-5/h2-3H,1H3,(H,11,12,13). The lowest BCUT2D eigenvalue weighted by Gasteiger charge is -2.02. The molecule has 0 atom stereocenters. The number of nitrogens with one attached hydrogen (secondary N) is 1. The van der Waals surface area contributed by atoms with Crippen LogP contribution in [0.1, 0.15) is 5.82 Å². The number of sulfonamides is 1. The van der Waals surface area contributed by atoms with Crippen LogP contribution >= 0.6 is 11.6 Å². The summed E-state index contributed by atoms with van der Waals surface area (Å²) >= 11 is 5.45. The highest BCUT2D eigenvalue weighted by Gasteiger charge is 2.18. The average molecular weight is 276 g/mol. The molecule has 2 aromatic heterocycles. The molecule has 0 aliphatic heterocycles. The molecule has 0 unspecified atom stereocenters. The van der Waals surface area contributed by atoms with Crippen molar-refractivity contribution in [3.63, 3.8) is 0 Å². The summed E-state index contributed by atoms with van der Waals surface area (Å²) in [6.07, 6.45) is 2.14. The number of rotatable bonds is 3. The first kappa shape index (κ1) is 11.7. The molecular formula is C7H6ClN5O3S. The third-order valence-electron chi connectivity index (χ3n) is 1.66. The van der Waals surface area contributed by atoms with Crippen LogP contribution in [0.4, 0.5) is 6.01 Å². The molecule has 0 saturated carbocycles. The van der Waals surface area contributed by atoms with Gasteiger partial charge >= 0.3 is 6.01 Å². The molecule has 0 aliphatic carbocycles. The summed E-state index contributed by atoms with van der Waals surface area (Å²) < 4.78 is 30.2. The molecule has 2 heterocycles. The van der Waals surface area contributed by atoms with E-state index >= 15 is 0 Å². The van der Waals surface area contributed by atoms with E-state index < -0.39 is 10.0 Å². The normalized spacial score (nSPS) is 11.4. The average Bonchev–Trinajstić information content (AvgIpc) is 2.63. The van der Waals surface area contributed by atoms with Crippen molar-refractivity contribution >= 4 is 27.6 Å². The molecular weight excluding hydrogens is 270 g/mol. The molecule has 0 radical (unpaired) electrons. The van der Waals surface area contributed by atoms with E-state index in [0.29, 0.717) is 5.82 Å². The van der Waals surface area contributed by atoms with E-state index in [1.807, 2.05) is 0 Å². The minimum absolute atomic E-state index is 0.0439. The van der Waals surface area contributed by atoms with E-state index in [9.17, 15) is 8.42 Å². The quantitative estimate of drug-likeness (QED) is 0.817. The molecule has 0 aliphatic rings. The van der Waals surface area contributed by atoms with Gasteiger partial charge in [0.05, 0.1) is 12.4 Å². The van der Waals surface area contributed by atoms with Gasteiger partial charge in [-0.05, 0) is 18.5 Å². The van der Waals surface area contributed by atoms with Crippen LogP contribution in [0.25, 0.3) is 0 Å². The van der Waals surface area contributed by atoms with E-state index in [0.717, 1.165) is 12.4 Å². The van der Waals surface area contributed by atoms with Gasteiger partial charge in [-0.25, -0.2) is 23.1 Å². The SMILES string of the molecule is Cc1noc(NS(=O)(=O)c2cnc(Cl)nc2)n1. The summed E-state index contributed by atoms with van der Waals surface area (Å²) in [7, 11) is -3.85. The Morgan fingerprint density at radius 2 is 2.00 bits per heavy atom. The fraction of sp³-hybridized carbons (Fsp3) is 0.143. The monoisotopic (exact) mass is 275 g/mol. The summed E-state index contributed by atoms with van der Waals surface area (Å²) in [5.41, 5.74) is 0. The van der Waals surface area contributed by atoms with Gasteiger partial charge in [0, 0.05) is 0 Å². The highest BCUT2D eigenvalue weighted by atomic mass is 35.5. The smallest absolute Gasteiger partial charge is 0.314 e. The maximum absolute atomic E-state index is 11.8. The van der Waals surface area contributed by atoms with Gasteiger partial charge in [-0.3, -0.25) is 0 Å². The van der Waals surface area contributed by atoms with Gasteiger partial charge in [-0.15, -0.1) is 0 Å². The lowest BCUT2D eigenvalue weighted by Crippen LogP contribution is -2.13. The number of aromatic nitrogens is 4. The Hall–Kier alpha value is -1.74. The fourth-order valence-corrected chi connectivity index (χ4v) is 1.86. The van der Waals surface area contributed by atoms with Crippen LogP contribution in [0.3, 0.4) is 0 Å². The van der Waals surface area contributed by atoms with Crippen LogP contribution < -0.4 is 4.72 Å². The first-order chi connectivity index (χ1) is 7.97.